The largest absolute Gasteiger partial charge is 0.478 e. The van der Waals surface area contributed by atoms with Gasteiger partial charge in [-0.2, -0.15) is 0 Å². The molecule has 0 aliphatic carbocycles. The molecule has 0 spiro atoms. The zero-order chi connectivity index (χ0) is 15.1. The quantitative estimate of drug-likeness (QED) is 0.826. The number of aryl methyl sites for hydroxylation is 1. The molecular formula is C16H17NO3S. The Morgan fingerprint density at radius 2 is 1.86 bits per heavy atom. The summed E-state index contributed by atoms with van der Waals surface area (Å²) < 4.78 is 0. The number of rotatable bonds is 7. The molecule has 0 saturated heterocycles. The number of carbonyl (C=O) groups is 2. The van der Waals surface area contributed by atoms with Gasteiger partial charge in [-0.15, -0.1) is 11.3 Å². The molecule has 21 heavy (non-hydrogen) atoms. The van der Waals surface area contributed by atoms with E-state index < -0.39 is 5.97 Å². The fourth-order valence-corrected chi connectivity index (χ4v) is 2.65. The second-order valence-electron chi connectivity index (χ2n) is 4.68. The third-order valence-electron chi connectivity index (χ3n) is 3.12. The van der Waals surface area contributed by atoms with Crippen LogP contribution in [0.4, 0.5) is 0 Å². The number of carboxylic acids is 1. The molecule has 4 nitrogen and oxygen atoms in total. The predicted octanol–water partition coefficient (Wildman–Crippen LogP) is 2.74. The van der Waals surface area contributed by atoms with Crippen LogP contribution in [-0.4, -0.2) is 23.5 Å². The molecule has 0 atom stereocenters. The molecule has 1 amide bonds. The molecule has 0 fully saturated rings. The molecule has 5 heteroatoms. The van der Waals surface area contributed by atoms with Crippen LogP contribution in [0.25, 0.3) is 0 Å². The molecule has 1 heterocycles. The van der Waals surface area contributed by atoms with E-state index in [0.717, 1.165) is 12.0 Å². The Labute approximate surface area is 127 Å². The summed E-state index contributed by atoms with van der Waals surface area (Å²) in [6, 6.07) is 10.7. The van der Waals surface area contributed by atoms with E-state index >= 15 is 0 Å². The lowest BCUT2D eigenvalue weighted by molar-refractivity contribution is -0.121. The number of hydrogen-bond donors (Lipinski definition) is 2. The lowest BCUT2D eigenvalue weighted by Gasteiger charge is -2.05. The number of amides is 1. The number of carbonyl (C=O) groups excluding carboxylic acids is 1. The van der Waals surface area contributed by atoms with Gasteiger partial charge in [0.15, 0.2) is 0 Å². The van der Waals surface area contributed by atoms with E-state index in [1.54, 1.807) is 35.6 Å². The van der Waals surface area contributed by atoms with Crippen molar-refractivity contribution in [1.29, 1.82) is 0 Å². The van der Waals surface area contributed by atoms with Gasteiger partial charge in [-0.25, -0.2) is 4.79 Å². The van der Waals surface area contributed by atoms with E-state index in [9.17, 15) is 9.59 Å². The van der Waals surface area contributed by atoms with Crippen molar-refractivity contribution < 1.29 is 14.7 Å². The van der Waals surface area contributed by atoms with Crippen LogP contribution in [-0.2, 0) is 17.6 Å². The summed E-state index contributed by atoms with van der Waals surface area (Å²) in [6.07, 6.45) is 1.97. The van der Waals surface area contributed by atoms with Gasteiger partial charge in [0, 0.05) is 17.8 Å². The molecule has 0 aliphatic rings. The summed E-state index contributed by atoms with van der Waals surface area (Å²) in [5.74, 6) is -0.881. The normalized spacial score (nSPS) is 10.3. The van der Waals surface area contributed by atoms with Gasteiger partial charge in [0.25, 0.3) is 0 Å². The number of nitrogens with one attached hydrogen (secondary N) is 1. The SMILES string of the molecule is O=C(CCc1cccs1)NCCc1ccc(C(=O)O)cc1. The lowest BCUT2D eigenvalue weighted by Crippen LogP contribution is -2.25. The maximum Gasteiger partial charge on any atom is 0.335 e. The Balaban J connectivity index is 1.68. The fourth-order valence-electron chi connectivity index (χ4n) is 1.94. The van der Waals surface area contributed by atoms with E-state index in [0.29, 0.717) is 19.4 Å². The first-order chi connectivity index (χ1) is 10.1. The first-order valence-electron chi connectivity index (χ1n) is 6.76. The Kier molecular flexibility index (Phi) is 5.51. The van der Waals surface area contributed by atoms with E-state index in [4.69, 9.17) is 5.11 Å². The van der Waals surface area contributed by atoms with Gasteiger partial charge < -0.3 is 10.4 Å². The molecular weight excluding hydrogens is 286 g/mol. The molecule has 1 aromatic carbocycles. The Morgan fingerprint density at radius 3 is 2.48 bits per heavy atom. The van der Waals surface area contributed by atoms with Gasteiger partial charge in [0.2, 0.25) is 5.91 Å². The van der Waals surface area contributed by atoms with Crippen molar-refractivity contribution in [3.05, 3.63) is 57.8 Å². The van der Waals surface area contributed by atoms with Crippen LogP contribution in [0, 0.1) is 0 Å². The molecule has 2 aromatic rings. The summed E-state index contributed by atoms with van der Waals surface area (Å²) in [5.41, 5.74) is 1.29. The minimum Gasteiger partial charge on any atom is -0.478 e. The van der Waals surface area contributed by atoms with Crippen molar-refractivity contribution >= 4 is 23.2 Å². The standard InChI is InChI=1S/C16H17NO3S/c18-15(8-7-14-2-1-11-21-14)17-10-9-12-3-5-13(6-4-12)16(19)20/h1-6,11H,7-10H2,(H,17,18)(H,19,20). The highest BCUT2D eigenvalue weighted by molar-refractivity contribution is 7.09. The van der Waals surface area contributed by atoms with Gasteiger partial charge in [0.05, 0.1) is 5.56 Å². The van der Waals surface area contributed by atoms with Gasteiger partial charge in [-0.1, -0.05) is 18.2 Å². The van der Waals surface area contributed by atoms with E-state index in [1.807, 2.05) is 17.5 Å². The van der Waals surface area contributed by atoms with Crippen LogP contribution in [0.1, 0.15) is 27.2 Å². The average molecular weight is 303 g/mol. The number of aromatic carboxylic acids is 1. The third kappa shape index (κ3) is 5.04. The van der Waals surface area contributed by atoms with Gasteiger partial charge in [0.1, 0.15) is 0 Å². The highest BCUT2D eigenvalue weighted by Gasteiger charge is 2.04. The van der Waals surface area contributed by atoms with Gasteiger partial charge in [-0.05, 0) is 42.0 Å². The second-order valence-corrected chi connectivity index (χ2v) is 5.71. The van der Waals surface area contributed by atoms with E-state index in [1.165, 1.54) is 4.88 Å². The van der Waals surface area contributed by atoms with Crippen molar-refractivity contribution in [1.82, 2.24) is 5.32 Å². The van der Waals surface area contributed by atoms with Crippen LogP contribution in [0.5, 0.6) is 0 Å². The van der Waals surface area contributed by atoms with Crippen molar-refractivity contribution in [2.45, 2.75) is 19.3 Å². The van der Waals surface area contributed by atoms with Gasteiger partial charge >= 0.3 is 5.97 Å². The maximum absolute atomic E-state index is 11.7. The smallest absolute Gasteiger partial charge is 0.335 e. The summed E-state index contributed by atoms with van der Waals surface area (Å²) >= 11 is 1.66. The van der Waals surface area contributed by atoms with Crippen LogP contribution in [0.3, 0.4) is 0 Å². The number of carboxylic acid groups (broad SMARTS) is 1. The van der Waals surface area contributed by atoms with Crippen LogP contribution < -0.4 is 5.32 Å². The third-order valence-corrected chi connectivity index (χ3v) is 4.05. The minimum absolute atomic E-state index is 0.0468. The lowest BCUT2D eigenvalue weighted by atomic mass is 10.1. The first kappa shape index (κ1) is 15.3. The first-order valence-corrected chi connectivity index (χ1v) is 7.64. The monoisotopic (exact) mass is 303 g/mol. The van der Waals surface area contributed by atoms with Crippen LogP contribution in [0.2, 0.25) is 0 Å². The summed E-state index contributed by atoms with van der Waals surface area (Å²) in [6.45, 7) is 0.565. The molecule has 2 rings (SSSR count). The van der Waals surface area contributed by atoms with Crippen LogP contribution in [0.15, 0.2) is 41.8 Å². The Bertz CT molecular complexity index is 590. The van der Waals surface area contributed by atoms with Crippen molar-refractivity contribution in [2.75, 3.05) is 6.54 Å². The highest BCUT2D eigenvalue weighted by atomic mass is 32.1. The maximum atomic E-state index is 11.7. The Hall–Kier alpha value is -2.14. The summed E-state index contributed by atoms with van der Waals surface area (Å²) in [4.78, 5) is 23.6. The molecule has 0 bridgehead atoms. The zero-order valence-corrected chi connectivity index (χ0v) is 12.4. The summed E-state index contributed by atoms with van der Waals surface area (Å²) in [5, 5.41) is 13.7. The molecule has 1 aromatic heterocycles. The van der Waals surface area contributed by atoms with E-state index in [-0.39, 0.29) is 11.5 Å². The minimum atomic E-state index is -0.927. The molecule has 0 unspecified atom stereocenters. The van der Waals surface area contributed by atoms with Crippen LogP contribution >= 0.6 is 11.3 Å². The van der Waals surface area contributed by atoms with Crippen molar-refractivity contribution in [2.24, 2.45) is 0 Å². The van der Waals surface area contributed by atoms with E-state index in [2.05, 4.69) is 5.32 Å². The average Bonchev–Trinajstić information content (AvgIpc) is 2.99. The molecule has 0 radical (unpaired) electrons. The highest BCUT2D eigenvalue weighted by Crippen LogP contribution is 2.10. The molecule has 110 valence electrons. The van der Waals surface area contributed by atoms with Crippen molar-refractivity contribution in [3.63, 3.8) is 0 Å². The zero-order valence-electron chi connectivity index (χ0n) is 11.5. The number of thiophene rings is 1. The number of benzene rings is 1. The second kappa shape index (κ2) is 7.59. The fraction of sp³-hybridized carbons (Fsp3) is 0.250. The molecule has 0 saturated carbocycles. The Morgan fingerprint density at radius 1 is 1.10 bits per heavy atom. The van der Waals surface area contributed by atoms with Gasteiger partial charge in [-0.3, -0.25) is 4.79 Å². The number of hydrogen-bond acceptors (Lipinski definition) is 3. The molecule has 0 aliphatic heterocycles. The van der Waals surface area contributed by atoms with Crippen molar-refractivity contribution in [3.8, 4) is 0 Å². The summed E-state index contributed by atoms with van der Waals surface area (Å²) in [7, 11) is 0. The molecule has 2 N–H and O–H groups in total. The predicted molar refractivity (Wildman–Crippen MR) is 82.8 cm³/mol. The topological polar surface area (TPSA) is 66.4 Å².